The second-order valence-electron chi connectivity index (χ2n) is 23.1. The normalized spacial score (nSPS) is 16.4. The number of aromatic nitrogens is 15. The molecule has 0 radical (unpaired) electrons. The fourth-order valence-electron chi connectivity index (χ4n) is 11.7. The number of hydrogen-bond acceptors (Lipinski definition) is 18. The van der Waals surface area contributed by atoms with Crippen LogP contribution in [0.5, 0.6) is 0 Å². The number of allylic oxidation sites excluding steroid dienone is 4. The SMILES string of the molecule is CN1CCN(CCn2nc(-c3ccn[nH]3)c3c(Cl)c(-c4ccccc4)nnc32)CC1.CN1CCN(CCn2nc(-c3cscn3)c3c(Cl)c(-c4ccccc4)nnc32)CC1.CN1CCN(CCn2nc(C3=CCC=C3)c3c(Cl)c(-c4ccccc4)nnc32)CC1. The lowest BCUT2D eigenvalue weighted by Crippen LogP contribution is -2.45. The third-order valence-electron chi connectivity index (χ3n) is 17.1. The highest BCUT2D eigenvalue weighted by molar-refractivity contribution is 7.07. The van der Waals surface area contributed by atoms with Crippen LogP contribution in [0.2, 0.25) is 15.1 Å². The Kier molecular flexibility index (Phi) is 19.2. The van der Waals surface area contributed by atoms with Gasteiger partial charge < -0.3 is 14.7 Å². The summed E-state index contributed by atoms with van der Waals surface area (Å²) in [6, 6.07) is 31.6. The maximum absolute atomic E-state index is 6.91. The van der Waals surface area contributed by atoms with E-state index in [1.807, 2.05) is 122 Å². The van der Waals surface area contributed by atoms with E-state index >= 15 is 0 Å². The van der Waals surface area contributed by atoms with Crippen molar-refractivity contribution >= 4 is 84.8 Å². The predicted octanol–water partition coefficient (Wildman–Crippen LogP) is 10.0. The number of hydrogen-bond donors (Lipinski definition) is 1. The minimum absolute atomic E-state index is 0.557. The summed E-state index contributed by atoms with van der Waals surface area (Å²) in [4.78, 5) is 18.9. The van der Waals surface area contributed by atoms with Crippen LogP contribution in [0.1, 0.15) is 12.1 Å². The van der Waals surface area contributed by atoms with E-state index in [0.29, 0.717) is 43.4 Å². The molecule has 21 nitrogen and oxygen atoms in total. The molecule has 1 N–H and O–H groups in total. The van der Waals surface area contributed by atoms with Gasteiger partial charge in [-0.05, 0) is 39.2 Å². The first kappa shape index (κ1) is 61.1. The van der Waals surface area contributed by atoms with Crippen LogP contribution in [0.15, 0.2) is 132 Å². The Hall–Kier alpha value is -7.74. The van der Waals surface area contributed by atoms with Crippen molar-refractivity contribution in [1.82, 2.24) is 105 Å². The van der Waals surface area contributed by atoms with Gasteiger partial charge in [0.25, 0.3) is 0 Å². The van der Waals surface area contributed by atoms with Crippen molar-refractivity contribution in [2.24, 2.45) is 0 Å². The van der Waals surface area contributed by atoms with Crippen LogP contribution in [0, 0.1) is 0 Å². The van der Waals surface area contributed by atoms with Gasteiger partial charge in [-0.2, -0.15) is 20.4 Å². The van der Waals surface area contributed by atoms with Crippen LogP contribution < -0.4 is 0 Å². The Morgan fingerprint density at radius 3 is 1.22 bits per heavy atom. The number of aromatic amines is 1. The zero-order chi connectivity index (χ0) is 61.5. The Bertz CT molecular complexity index is 4060. The number of likely N-dealkylation sites (N-methyl/N-ethyl adjacent to an activating group) is 3. The lowest BCUT2D eigenvalue weighted by atomic mass is 10.1. The molecule has 0 saturated carbocycles. The van der Waals surface area contributed by atoms with E-state index in [1.54, 1.807) is 17.5 Å². The van der Waals surface area contributed by atoms with Crippen molar-refractivity contribution in [3.05, 3.63) is 153 Å². The molecule has 0 unspecified atom stereocenters. The summed E-state index contributed by atoms with van der Waals surface area (Å²) in [5.41, 5.74) is 14.0. The number of rotatable bonds is 15. The molecule has 1 aliphatic carbocycles. The highest BCUT2D eigenvalue weighted by Crippen LogP contribution is 2.40. The molecule has 0 atom stereocenters. The third-order valence-corrected chi connectivity index (χ3v) is 18.8. The van der Waals surface area contributed by atoms with Gasteiger partial charge in [0.2, 0.25) is 0 Å². The predicted molar refractivity (Wildman–Crippen MR) is 360 cm³/mol. The fourth-order valence-corrected chi connectivity index (χ4v) is 13.2. The minimum Gasteiger partial charge on any atom is -0.304 e. The number of benzene rings is 3. The van der Waals surface area contributed by atoms with E-state index in [1.165, 1.54) is 0 Å². The quantitative estimate of drug-likeness (QED) is 0.102. The maximum Gasteiger partial charge on any atom is 0.182 e. The molecule has 11 aromatic rings. The molecule has 0 amide bonds. The smallest absolute Gasteiger partial charge is 0.182 e. The van der Waals surface area contributed by atoms with E-state index in [2.05, 4.69) is 115 Å². The topological polar surface area (TPSA) is 192 Å². The van der Waals surface area contributed by atoms with Gasteiger partial charge in [0.1, 0.15) is 39.9 Å². The van der Waals surface area contributed by atoms with Crippen LogP contribution in [-0.2, 0) is 19.6 Å². The van der Waals surface area contributed by atoms with Crippen LogP contribution in [-0.4, -0.2) is 224 Å². The third kappa shape index (κ3) is 13.5. The van der Waals surface area contributed by atoms with Crippen molar-refractivity contribution in [1.29, 1.82) is 0 Å². The summed E-state index contributed by atoms with van der Waals surface area (Å²) >= 11 is 22.2. The van der Waals surface area contributed by atoms with Gasteiger partial charge >= 0.3 is 0 Å². The van der Waals surface area contributed by atoms with E-state index < -0.39 is 0 Å². The Morgan fingerprint density at radius 1 is 0.444 bits per heavy atom. The van der Waals surface area contributed by atoms with Crippen LogP contribution in [0.4, 0.5) is 0 Å². The molecule has 15 rings (SSSR count). The van der Waals surface area contributed by atoms with E-state index in [4.69, 9.17) is 50.1 Å². The van der Waals surface area contributed by atoms with E-state index in [0.717, 1.165) is 197 Å². The summed E-state index contributed by atoms with van der Waals surface area (Å²) in [7, 11) is 6.51. The standard InChI is InChI=1S/C23H25ClN6.C21H23ClN8.C21H22ClN7S/c1-28-11-13-29(14-12-28)15-16-30-23-19(21(27-30)17-9-5-6-10-17)20(24)22(25-26-23)18-7-3-2-4-8-18;1-28-9-11-29(12-10-28)13-14-30-21-17(20(27-30)16-7-8-23-24-16)18(22)19(25-26-21)15-5-3-2-4-6-15;1-27-7-9-28(10-8-27)11-12-29-21-17(20(26-29)16-13-30-14-23-16)18(22)19(24-25-21)15-5-3-2-4-6-15/h2-5,7-10H,6,11-16H2,1H3;2-8H,9-14H2,1H3,(H,23,24);2-6,13-14H,7-12H2,1H3. The summed E-state index contributed by atoms with van der Waals surface area (Å²) in [6.07, 6.45) is 9.08. The Morgan fingerprint density at radius 2 is 0.844 bits per heavy atom. The maximum atomic E-state index is 6.91. The van der Waals surface area contributed by atoms with Crippen molar-refractivity contribution < 1.29 is 0 Å². The molecule has 11 heterocycles. The second-order valence-corrected chi connectivity index (χ2v) is 24.9. The van der Waals surface area contributed by atoms with E-state index in [9.17, 15) is 0 Å². The van der Waals surface area contributed by atoms with Crippen molar-refractivity contribution in [3.8, 4) is 56.5 Å². The average molecular weight is 1280 g/mol. The average Bonchev–Trinajstić information content (AvgIpc) is 2.56. The number of nitrogens with one attached hydrogen (secondary N) is 1. The first-order valence-corrected chi connectivity index (χ1v) is 32.6. The number of fused-ring (bicyclic) bond motifs is 3. The molecular formula is C65H70Cl3N21S. The van der Waals surface area contributed by atoms with Gasteiger partial charge in [0, 0.05) is 126 Å². The second kappa shape index (κ2) is 28.2. The number of nitrogens with zero attached hydrogens (tertiary/aromatic N) is 20. The highest BCUT2D eigenvalue weighted by Gasteiger charge is 2.27. The number of H-pyrrole nitrogens is 1. The lowest BCUT2D eigenvalue weighted by molar-refractivity contribution is 0.149. The zero-order valence-electron chi connectivity index (χ0n) is 50.6. The van der Waals surface area contributed by atoms with Crippen LogP contribution in [0.3, 0.4) is 0 Å². The molecule has 3 saturated heterocycles. The number of piperazine rings is 3. The number of thiazole rings is 1. The van der Waals surface area contributed by atoms with Gasteiger partial charge in [-0.15, -0.1) is 41.9 Å². The van der Waals surface area contributed by atoms with Crippen molar-refractivity contribution in [3.63, 3.8) is 0 Å². The summed E-state index contributed by atoms with van der Waals surface area (Å²) < 4.78 is 5.82. The summed E-state index contributed by atoms with van der Waals surface area (Å²) in [5, 5.41) is 55.0. The Balaban J connectivity index is 0.000000124. The van der Waals surface area contributed by atoms with Gasteiger partial charge in [-0.3, -0.25) is 19.8 Å². The molecule has 90 heavy (non-hydrogen) atoms. The fraction of sp³-hybridized carbons (Fsp3) is 0.338. The first-order valence-electron chi connectivity index (χ1n) is 30.5. The van der Waals surface area contributed by atoms with Crippen molar-refractivity contribution in [2.45, 2.75) is 26.1 Å². The van der Waals surface area contributed by atoms with Crippen molar-refractivity contribution in [2.75, 3.05) is 119 Å². The molecule has 3 aromatic carbocycles. The van der Waals surface area contributed by atoms with Crippen LogP contribution in [0.25, 0.3) is 95.2 Å². The Labute approximate surface area is 541 Å². The molecule has 462 valence electrons. The largest absolute Gasteiger partial charge is 0.304 e. The molecule has 0 bridgehead atoms. The monoisotopic (exact) mass is 1280 g/mol. The van der Waals surface area contributed by atoms with E-state index in [-0.39, 0.29) is 0 Å². The molecule has 25 heteroatoms. The molecule has 0 spiro atoms. The lowest BCUT2D eigenvalue weighted by Gasteiger charge is -2.32. The summed E-state index contributed by atoms with van der Waals surface area (Å²) in [5.74, 6) is 0. The van der Waals surface area contributed by atoms with Gasteiger partial charge in [-0.1, -0.05) is 144 Å². The summed E-state index contributed by atoms with van der Waals surface area (Å²) in [6.45, 7) is 18.0. The molecule has 8 aromatic heterocycles. The highest BCUT2D eigenvalue weighted by atomic mass is 35.5. The molecule has 4 aliphatic rings. The zero-order valence-corrected chi connectivity index (χ0v) is 53.7. The minimum atomic E-state index is 0.557. The molecule has 3 fully saturated rings. The number of halogens is 3. The van der Waals surface area contributed by atoms with Crippen LogP contribution >= 0.6 is 46.1 Å². The molecular weight excluding hydrogens is 1210 g/mol. The van der Waals surface area contributed by atoms with Gasteiger partial charge in [0.05, 0.1) is 62.1 Å². The first-order chi connectivity index (χ1) is 44.1. The van der Waals surface area contributed by atoms with Gasteiger partial charge in [-0.25, -0.2) is 19.0 Å². The van der Waals surface area contributed by atoms with Gasteiger partial charge in [0.15, 0.2) is 16.9 Å². The molecule has 3 aliphatic heterocycles.